The Balaban J connectivity index is 2.14. The third-order valence-corrected chi connectivity index (χ3v) is 6.43. The second kappa shape index (κ2) is 5.31. The highest BCUT2D eigenvalue weighted by Crippen LogP contribution is 2.36. The van der Waals surface area contributed by atoms with Crippen molar-refractivity contribution in [2.45, 2.75) is 26.5 Å². The Morgan fingerprint density at radius 2 is 1.83 bits per heavy atom. The van der Waals surface area contributed by atoms with Crippen molar-refractivity contribution in [3.05, 3.63) is 60.3 Å². The molecule has 0 amide bonds. The van der Waals surface area contributed by atoms with Gasteiger partial charge in [0.15, 0.2) is 0 Å². The van der Waals surface area contributed by atoms with E-state index in [-0.39, 0.29) is 5.56 Å². The van der Waals surface area contributed by atoms with Gasteiger partial charge in [0.1, 0.15) is 11.2 Å². The Bertz CT molecular complexity index is 1160. The SMILES string of the molecule is [2H]C([2H])([2H])c1cccnc1-c1ccc([Si](C)(C)C)c2c1oc1ccccc12. The highest BCUT2D eigenvalue weighted by Gasteiger charge is 2.24. The molecule has 2 aromatic heterocycles. The second-order valence-electron chi connectivity index (χ2n) is 7.11. The maximum Gasteiger partial charge on any atom is 0.144 e. The number of furan rings is 1. The summed E-state index contributed by atoms with van der Waals surface area (Å²) in [4.78, 5) is 4.42. The van der Waals surface area contributed by atoms with Gasteiger partial charge in [-0.1, -0.05) is 50.0 Å². The summed E-state index contributed by atoms with van der Waals surface area (Å²) in [5, 5.41) is 3.46. The summed E-state index contributed by atoms with van der Waals surface area (Å²) >= 11 is 0. The van der Waals surface area contributed by atoms with Crippen molar-refractivity contribution in [1.82, 2.24) is 4.98 Å². The fourth-order valence-electron chi connectivity index (χ4n) is 3.26. The predicted molar refractivity (Wildman–Crippen MR) is 105 cm³/mol. The largest absolute Gasteiger partial charge is 0.455 e. The minimum Gasteiger partial charge on any atom is -0.455 e. The van der Waals surface area contributed by atoms with Crippen LogP contribution in [0.4, 0.5) is 0 Å². The van der Waals surface area contributed by atoms with E-state index >= 15 is 0 Å². The van der Waals surface area contributed by atoms with Crippen LogP contribution < -0.4 is 5.19 Å². The van der Waals surface area contributed by atoms with Crippen LogP contribution in [0.2, 0.25) is 19.6 Å². The van der Waals surface area contributed by atoms with E-state index in [1.807, 2.05) is 24.3 Å². The molecule has 0 atom stereocenters. The maximum atomic E-state index is 7.89. The van der Waals surface area contributed by atoms with E-state index in [9.17, 15) is 0 Å². The Labute approximate surface area is 147 Å². The molecule has 0 unspecified atom stereocenters. The third kappa shape index (κ3) is 2.28. The Hall–Kier alpha value is -2.39. The quantitative estimate of drug-likeness (QED) is 0.452. The molecular weight excluding hydrogens is 310 g/mol. The lowest BCUT2D eigenvalue weighted by Crippen LogP contribution is -2.37. The smallest absolute Gasteiger partial charge is 0.144 e. The number of aryl methyl sites for hydroxylation is 1. The van der Waals surface area contributed by atoms with Crippen LogP contribution in [0.15, 0.2) is 59.1 Å². The number of fused-ring (bicyclic) bond motifs is 3. The van der Waals surface area contributed by atoms with Crippen LogP contribution in [0.3, 0.4) is 0 Å². The summed E-state index contributed by atoms with van der Waals surface area (Å²) in [6.07, 6.45) is 1.63. The Morgan fingerprint density at radius 3 is 2.62 bits per heavy atom. The molecule has 4 aromatic rings. The van der Waals surface area contributed by atoms with Crippen molar-refractivity contribution in [3.63, 3.8) is 0 Å². The first-order chi connectivity index (χ1) is 12.7. The van der Waals surface area contributed by atoms with E-state index in [1.54, 1.807) is 18.3 Å². The first-order valence-corrected chi connectivity index (χ1v) is 11.6. The van der Waals surface area contributed by atoms with Crippen LogP contribution in [0.5, 0.6) is 0 Å². The van der Waals surface area contributed by atoms with Crippen molar-refractivity contribution in [2.75, 3.05) is 0 Å². The molecule has 0 aliphatic carbocycles. The molecule has 0 saturated heterocycles. The van der Waals surface area contributed by atoms with E-state index in [1.165, 1.54) is 5.19 Å². The van der Waals surface area contributed by atoms with Crippen LogP contribution in [0.1, 0.15) is 9.68 Å². The van der Waals surface area contributed by atoms with Gasteiger partial charge in [0.05, 0.1) is 13.8 Å². The molecule has 0 radical (unpaired) electrons. The molecular formula is C21H21NOSi. The average Bonchev–Trinajstić information content (AvgIpc) is 2.99. The highest BCUT2D eigenvalue weighted by molar-refractivity contribution is 6.90. The number of pyridine rings is 1. The molecule has 3 heteroatoms. The monoisotopic (exact) mass is 334 g/mol. The van der Waals surface area contributed by atoms with Gasteiger partial charge in [0, 0.05) is 26.6 Å². The van der Waals surface area contributed by atoms with Gasteiger partial charge in [0.25, 0.3) is 0 Å². The molecule has 0 aliphatic heterocycles. The average molecular weight is 335 g/mol. The number of hydrogen-bond donors (Lipinski definition) is 0. The molecule has 2 heterocycles. The number of aromatic nitrogens is 1. The molecule has 0 bridgehead atoms. The van der Waals surface area contributed by atoms with Crippen LogP contribution in [-0.4, -0.2) is 13.1 Å². The fraction of sp³-hybridized carbons (Fsp3) is 0.190. The van der Waals surface area contributed by atoms with Gasteiger partial charge < -0.3 is 4.42 Å². The Kier molecular flexibility index (Phi) is 2.67. The zero-order valence-corrected chi connectivity index (χ0v) is 15.1. The predicted octanol–water partition coefficient (Wildman–Crippen LogP) is 5.50. The van der Waals surface area contributed by atoms with E-state index in [4.69, 9.17) is 8.53 Å². The first-order valence-electron chi connectivity index (χ1n) is 9.58. The molecule has 0 saturated carbocycles. The minimum absolute atomic E-state index is 0.243. The number of rotatable bonds is 2. The second-order valence-corrected chi connectivity index (χ2v) is 12.2. The van der Waals surface area contributed by atoms with Crippen molar-refractivity contribution < 1.29 is 8.53 Å². The van der Waals surface area contributed by atoms with Gasteiger partial charge in [-0.15, -0.1) is 0 Å². The summed E-state index contributed by atoms with van der Waals surface area (Å²) in [6.45, 7) is 4.67. The van der Waals surface area contributed by atoms with Gasteiger partial charge in [-0.05, 0) is 35.8 Å². The van der Waals surface area contributed by atoms with Crippen LogP contribution in [0.25, 0.3) is 33.2 Å². The molecule has 0 fully saturated rings. The van der Waals surface area contributed by atoms with E-state index in [0.717, 1.165) is 27.5 Å². The highest BCUT2D eigenvalue weighted by atomic mass is 28.3. The Morgan fingerprint density at radius 1 is 1.00 bits per heavy atom. The van der Waals surface area contributed by atoms with Crippen molar-refractivity contribution in [3.8, 4) is 11.3 Å². The van der Waals surface area contributed by atoms with Gasteiger partial charge in [-0.3, -0.25) is 4.98 Å². The zero-order valence-electron chi connectivity index (χ0n) is 17.1. The van der Waals surface area contributed by atoms with E-state index in [2.05, 4.69) is 36.8 Å². The van der Waals surface area contributed by atoms with Crippen molar-refractivity contribution in [1.29, 1.82) is 0 Å². The molecule has 2 aromatic carbocycles. The van der Waals surface area contributed by atoms with Crippen LogP contribution >= 0.6 is 0 Å². The van der Waals surface area contributed by atoms with Crippen molar-refractivity contribution in [2.24, 2.45) is 0 Å². The van der Waals surface area contributed by atoms with E-state index < -0.39 is 14.9 Å². The lowest BCUT2D eigenvalue weighted by Gasteiger charge is -2.19. The molecule has 120 valence electrons. The van der Waals surface area contributed by atoms with Gasteiger partial charge >= 0.3 is 0 Å². The summed E-state index contributed by atoms with van der Waals surface area (Å²) in [6, 6.07) is 15.4. The van der Waals surface area contributed by atoms with Gasteiger partial charge in [-0.2, -0.15) is 0 Å². The fourth-order valence-corrected chi connectivity index (χ4v) is 4.84. The summed E-state index contributed by atoms with van der Waals surface area (Å²) in [5.74, 6) is 0. The zero-order chi connectivity index (χ0) is 19.4. The number of benzene rings is 2. The lowest BCUT2D eigenvalue weighted by molar-refractivity contribution is 0.670. The summed E-state index contributed by atoms with van der Waals surface area (Å²) in [5.41, 5.74) is 2.97. The number of nitrogens with zero attached hydrogens (tertiary/aromatic N) is 1. The van der Waals surface area contributed by atoms with Crippen LogP contribution in [0, 0.1) is 6.85 Å². The first kappa shape index (κ1) is 12.0. The van der Waals surface area contributed by atoms with Gasteiger partial charge in [-0.25, -0.2) is 0 Å². The molecule has 0 spiro atoms. The molecule has 4 rings (SSSR count). The van der Waals surface area contributed by atoms with Crippen molar-refractivity contribution >= 4 is 35.2 Å². The minimum atomic E-state index is -2.24. The molecule has 24 heavy (non-hydrogen) atoms. The molecule has 0 aliphatic rings. The van der Waals surface area contributed by atoms with Gasteiger partial charge in [0.2, 0.25) is 0 Å². The molecule has 0 N–H and O–H groups in total. The maximum absolute atomic E-state index is 7.89. The molecule has 2 nitrogen and oxygen atoms in total. The van der Waals surface area contributed by atoms with E-state index in [0.29, 0.717) is 5.69 Å². The number of hydrogen-bond acceptors (Lipinski definition) is 2. The standard InChI is InChI=1S/C21H21NOSi/c1-14-8-7-13-22-20(14)16-11-12-18(24(2,3)4)19-15-9-5-6-10-17(15)23-21(16)19/h5-13H,1-4H3/i1D3. The topological polar surface area (TPSA) is 26.0 Å². The summed E-state index contributed by atoms with van der Waals surface area (Å²) < 4.78 is 29.9. The number of para-hydroxylation sites is 1. The normalized spacial score (nSPS) is 14.5. The third-order valence-electron chi connectivity index (χ3n) is 4.40. The van der Waals surface area contributed by atoms with Crippen LogP contribution in [-0.2, 0) is 0 Å². The lowest BCUT2D eigenvalue weighted by atomic mass is 10.0. The summed E-state index contributed by atoms with van der Waals surface area (Å²) in [7, 11) is -1.64.